The molecule has 1 amide bonds. The molecule has 0 heterocycles. The molecule has 32 heavy (non-hydrogen) atoms. The minimum atomic E-state index is -0.306. The van der Waals surface area contributed by atoms with Gasteiger partial charge < -0.3 is 19.5 Å². The first-order chi connectivity index (χ1) is 15.3. The molecule has 1 atom stereocenters. The van der Waals surface area contributed by atoms with Crippen molar-refractivity contribution in [3.05, 3.63) is 43.1 Å². The zero-order valence-electron chi connectivity index (χ0n) is 19.1. The molecule has 0 bridgehead atoms. The second kappa shape index (κ2) is 10.3. The lowest BCUT2D eigenvalue weighted by Gasteiger charge is -2.21. The van der Waals surface area contributed by atoms with Crippen LogP contribution in [0.5, 0.6) is 17.2 Å². The smallest absolute Gasteiger partial charge is 0.223 e. The number of nitrogens with one attached hydrogen (secondary N) is 1. The van der Waals surface area contributed by atoms with Gasteiger partial charge in [0.1, 0.15) is 0 Å². The molecule has 1 aliphatic carbocycles. The lowest BCUT2D eigenvalue weighted by Crippen LogP contribution is -2.32. The number of fused-ring (bicyclic) bond motifs is 3. The average Bonchev–Trinajstić information content (AvgIpc) is 3.02. The predicted octanol–water partition coefficient (Wildman–Crippen LogP) is 4.83. The van der Waals surface area contributed by atoms with E-state index in [2.05, 4.69) is 27.9 Å². The summed E-state index contributed by atoms with van der Waals surface area (Å²) in [5.74, 6) is 1.47. The van der Waals surface area contributed by atoms with Crippen LogP contribution in [0.4, 0.5) is 0 Å². The summed E-state index contributed by atoms with van der Waals surface area (Å²) >= 11 is 3.68. The number of halogens is 1. The van der Waals surface area contributed by atoms with E-state index in [-0.39, 0.29) is 23.3 Å². The maximum absolute atomic E-state index is 12.9. The van der Waals surface area contributed by atoms with Gasteiger partial charge in [-0.3, -0.25) is 9.59 Å². The molecule has 8 heteroatoms. The van der Waals surface area contributed by atoms with Crippen molar-refractivity contribution in [2.24, 2.45) is 5.92 Å². The highest BCUT2D eigenvalue weighted by Gasteiger charge is 2.32. The normalized spacial score (nSPS) is 14.8. The molecule has 172 valence electrons. The van der Waals surface area contributed by atoms with Gasteiger partial charge >= 0.3 is 0 Å². The number of hydrogen-bond donors (Lipinski definition) is 1. The second-order valence-electron chi connectivity index (χ2n) is 7.80. The van der Waals surface area contributed by atoms with Crippen molar-refractivity contribution in [3.63, 3.8) is 0 Å². The first-order valence-corrected chi connectivity index (χ1v) is 12.6. The maximum atomic E-state index is 12.9. The van der Waals surface area contributed by atoms with E-state index in [1.54, 1.807) is 27.4 Å². The van der Waals surface area contributed by atoms with Crippen molar-refractivity contribution >= 4 is 40.3 Å². The largest absolute Gasteiger partial charge is 0.492 e. The van der Waals surface area contributed by atoms with Gasteiger partial charge in [-0.1, -0.05) is 19.9 Å². The van der Waals surface area contributed by atoms with E-state index < -0.39 is 0 Å². The molecular formula is C24H28INO5S. The number of carbonyl (C=O) groups is 1. The Hall–Kier alpha value is -1.94. The van der Waals surface area contributed by atoms with Gasteiger partial charge in [-0.05, 0) is 70.5 Å². The van der Waals surface area contributed by atoms with Crippen molar-refractivity contribution in [1.82, 2.24) is 5.32 Å². The standard InChI is InChI=1S/C24H28INO5S/c1-12(2)24(28)26-16-9-7-14-19(13-8-10-18(32-6)17(27)11-15(13)16)21(29-3)23(31-5)22(30-4)20(14)25/h8,10-12,16H,7,9H2,1-6H3,(H,26,28)/t16-/m0/s1. The van der Waals surface area contributed by atoms with Crippen LogP contribution in [-0.4, -0.2) is 33.5 Å². The summed E-state index contributed by atoms with van der Waals surface area (Å²) in [7, 11) is 4.79. The number of amides is 1. The zero-order valence-corrected chi connectivity index (χ0v) is 22.1. The van der Waals surface area contributed by atoms with Crippen molar-refractivity contribution in [1.29, 1.82) is 0 Å². The lowest BCUT2D eigenvalue weighted by molar-refractivity contribution is -0.124. The number of ether oxygens (including phenoxy) is 3. The van der Waals surface area contributed by atoms with Crippen molar-refractivity contribution in [2.45, 2.75) is 37.6 Å². The SMILES string of the molecule is COc1c(I)c2c(c(OC)c1OC)-c1ccc(SC)c(=O)cc1[C@@H](NC(=O)C(C)C)CC2. The summed E-state index contributed by atoms with van der Waals surface area (Å²) in [6, 6.07) is 5.14. The molecule has 0 unspecified atom stereocenters. The van der Waals surface area contributed by atoms with E-state index in [9.17, 15) is 9.59 Å². The van der Waals surface area contributed by atoms with Crippen LogP contribution in [0.15, 0.2) is 27.9 Å². The van der Waals surface area contributed by atoms with Gasteiger partial charge in [0.05, 0.1) is 35.8 Å². The van der Waals surface area contributed by atoms with Gasteiger partial charge in [0.15, 0.2) is 16.9 Å². The molecule has 1 N–H and O–H groups in total. The van der Waals surface area contributed by atoms with Gasteiger partial charge in [-0.2, -0.15) is 0 Å². The minimum Gasteiger partial charge on any atom is -0.492 e. The Morgan fingerprint density at radius 1 is 1.12 bits per heavy atom. The molecule has 3 rings (SSSR count). The summed E-state index contributed by atoms with van der Waals surface area (Å²) < 4.78 is 18.1. The maximum Gasteiger partial charge on any atom is 0.223 e. The van der Waals surface area contributed by atoms with Crippen LogP contribution in [0.25, 0.3) is 11.1 Å². The third-order valence-electron chi connectivity index (χ3n) is 5.65. The third-order valence-corrected chi connectivity index (χ3v) is 7.57. The van der Waals surface area contributed by atoms with Crippen LogP contribution in [0.3, 0.4) is 0 Å². The summed E-state index contributed by atoms with van der Waals surface area (Å²) in [4.78, 5) is 26.2. The third kappa shape index (κ3) is 4.44. The molecule has 0 radical (unpaired) electrons. The Morgan fingerprint density at radius 2 is 1.78 bits per heavy atom. The fourth-order valence-corrected chi connectivity index (χ4v) is 5.50. The van der Waals surface area contributed by atoms with E-state index in [1.165, 1.54) is 11.8 Å². The molecule has 0 aliphatic heterocycles. The number of thioether (sulfide) groups is 1. The topological polar surface area (TPSA) is 73.9 Å². The van der Waals surface area contributed by atoms with Crippen molar-refractivity contribution in [3.8, 4) is 28.4 Å². The van der Waals surface area contributed by atoms with E-state index in [0.717, 1.165) is 25.8 Å². The lowest BCUT2D eigenvalue weighted by atomic mass is 9.95. The molecule has 0 fully saturated rings. The Bertz CT molecular complexity index is 1100. The van der Waals surface area contributed by atoms with Crippen LogP contribution >= 0.6 is 34.4 Å². The van der Waals surface area contributed by atoms with Gasteiger partial charge in [-0.25, -0.2) is 0 Å². The average molecular weight is 569 g/mol. The van der Waals surface area contributed by atoms with Gasteiger partial charge in [0.25, 0.3) is 0 Å². The molecule has 2 aromatic rings. The summed E-state index contributed by atoms with van der Waals surface area (Å²) in [6.45, 7) is 3.72. The summed E-state index contributed by atoms with van der Waals surface area (Å²) in [5.41, 5.74) is 3.48. The summed E-state index contributed by atoms with van der Waals surface area (Å²) in [5, 5.41) is 3.15. The van der Waals surface area contributed by atoms with Gasteiger partial charge in [-0.15, -0.1) is 11.8 Å². The number of carbonyl (C=O) groups excluding carboxylic acids is 1. The monoisotopic (exact) mass is 569 g/mol. The highest BCUT2D eigenvalue weighted by molar-refractivity contribution is 14.1. The van der Waals surface area contributed by atoms with Crippen molar-refractivity contribution < 1.29 is 19.0 Å². The predicted molar refractivity (Wildman–Crippen MR) is 136 cm³/mol. The Labute approximate surface area is 206 Å². The quantitative estimate of drug-likeness (QED) is 0.397. The number of benzene rings is 1. The highest BCUT2D eigenvalue weighted by Crippen LogP contribution is 2.52. The molecule has 0 saturated heterocycles. The molecule has 0 saturated carbocycles. The molecule has 0 aromatic heterocycles. The molecular weight excluding hydrogens is 541 g/mol. The number of methoxy groups -OCH3 is 3. The van der Waals surface area contributed by atoms with Crippen molar-refractivity contribution in [2.75, 3.05) is 27.6 Å². The van der Waals surface area contributed by atoms with Crippen LogP contribution in [-0.2, 0) is 11.2 Å². The second-order valence-corrected chi connectivity index (χ2v) is 9.73. The molecule has 1 aliphatic rings. The number of hydrogen-bond acceptors (Lipinski definition) is 6. The first-order valence-electron chi connectivity index (χ1n) is 10.3. The van der Waals surface area contributed by atoms with E-state index in [1.807, 2.05) is 32.2 Å². The fourth-order valence-electron chi connectivity index (χ4n) is 4.03. The zero-order chi connectivity index (χ0) is 23.6. The summed E-state index contributed by atoms with van der Waals surface area (Å²) in [6.07, 6.45) is 3.20. The molecule has 2 aromatic carbocycles. The molecule has 6 nitrogen and oxygen atoms in total. The Kier molecular flexibility index (Phi) is 7.97. The Balaban J connectivity index is 2.42. The highest BCUT2D eigenvalue weighted by atomic mass is 127. The van der Waals surface area contributed by atoms with Crippen LogP contribution < -0.4 is 25.0 Å². The number of rotatable bonds is 6. The van der Waals surface area contributed by atoms with Crippen LogP contribution in [0.1, 0.15) is 37.4 Å². The van der Waals surface area contributed by atoms with E-state index >= 15 is 0 Å². The van der Waals surface area contributed by atoms with Crippen LogP contribution in [0, 0.1) is 9.49 Å². The molecule has 0 spiro atoms. The fraction of sp³-hybridized carbons (Fsp3) is 0.417. The van der Waals surface area contributed by atoms with Gasteiger partial charge in [0, 0.05) is 11.5 Å². The minimum absolute atomic E-state index is 0.0484. The Morgan fingerprint density at radius 3 is 2.34 bits per heavy atom. The van der Waals surface area contributed by atoms with Crippen LogP contribution in [0.2, 0.25) is 0 Å². The van der Waals surface area contributed by atoms with Gasteiger partial charge in [0.2, 0.25) is 11.7 Å². The first kappa shape index (κ1) is 24.7. The van der Waals surface area contributed by atoms with E-state index in [0.29, 0.717) is 35.0 Å². The van der Waals surface area contributed by atoms with E-state index in [4.69, 9.17) is 14.2 Å².